The van der Waals surface area contributed by atoms with Crippen LogP contribution in [0.4, 0.5) is 17.1 Å². The van der Waals surface area contributed by atoms with Crippen LogP contribution in [-0.4, -0.2) is 36.0 Å². The normalized spacial score (nSPS) is 19.4. The maximum absolute atomic E-state index is 13.5. The van der Waals surface area contributed by atoms with Crippen LogP contribution in [0.25, 0.3) is 0 Å². The molecule has 0 radical (unpaired) electrons. The molecule has 9 heteroatoms. The number of fused-ring (bicyclic) bond motifs is 6. The van der Waals surface area contributed by atoms with E-state index in [1.807, 2.05) is 41.5 Å². The van der Waals surface area contributed by atoms with Gasteiger partial charge in [0.25, 0.3) is 17.7 Å². The van der Waals surface area contributed by atoms with Gasteiger partial charge in [-0.25, -0.2) is 0 Å². The molecular formula is C36H45N3O6. The zero-order valence-corrected chi connectivity index (χ0v) is 27.0. The number of amides is 3. The zero-order chi connectivity index (χ0) is 32.5. The second-order valence-electron chi connectivity index (χ2n) is 12.8. The van der Waals surface area contributed by atoms with Gasteiger partial charge in [-0.2, -0.15) is 0 Å². The Kier molecular flexibility index (Phi) is 11.5. The summed E-state index contributed by atoms with van der Waals surface area (Å²) < 4.78 is 18.6. The van der Waals surface area contributed by atoms with E-state index in [-0.39, 0.29) is 35.5 Å². The molecule has 3 aromatic carbocycles. The van der Waals surface area contributed by atoms with E-state index in [4.69, 9.17) is 14.2 Å². The second-order valence-corrected chi connectivity index (χ2v) is 12.8. The van der Waals surface area contributed by atoms with E-state index in [9.17, 15) is 14.4 Å². The van der Waals surface area contributed by atoms with Crippen LogP contribution < -0.4 is 30.2 Å². The van der Waals surface area contributed by atoms with Crippen molar-refractivity contribution in [2.75, 3.05) is 16.0 Å². The molecule has 0 saturated carbocycles. The van der Waals surface area contributed by atoms with Gasteiger partial charge in [0.1, 0.15) is 17.2 Å². The lowest BCUT2D eigenvalue weighted by Crippen LogP contribution is -2.35. The summed E-state index contributed by atoms with van der Waals surface area (Å²) in [5.74, 6) is 0.928. The van der Waals surface area contributed by atoms with Crippen molar-refractivity contribution < 1.29 is 28.6 Å². The third-order valence-electron chi connectivity index (χ3n) is 7.07. The summed E-state index contributed by atoms with van der Waals surface area (Å²) in [5.41, 5.74) is 1.56. The van der Waals surface area contributed by atoms with Crippen LogP contribution in [0, 0.1) is 17.8 Å². The molecule has 1 heterocycles. The van der Waals surface area contributed by atoms with E-state index in [1.165, 1.54) is 0 Å². The number of hydrogen-bond acceptors (Lipinski definition) is 6. The van der Waals surface area contributed by atoms with Gasteiger partial charge in [-0.05, 0) is 73.4 Å². The molecule has 4 rings (SSSR count). The monoisotopic (exact) mass is 615 g/mol. The van der Waals surface area contributed by atoms with Gasteiger partial charge in [0.2, 0.25) is 0 Å². The fourth-order valence-corrected chi connectivity index (χ4v) is 5.01. The summed E-state index contributed by atoms with van der Waals surface area (Å²) in [6.07, 6.45) is -0.971. The molecule has 6 bridgehead atoms. The van der Waals surface area contributed by atoms with Crippen LogP contribution in [0.5, 0.6) is 17.2 Å². The first-order valence-electron chi connectivity index (χ1n) is 15.7. The Morgan fingerprint density at radius 1 is 0.489 bits per heavy atom. The number of rotatable bonds is 6. The van der Waals surface area contributed by atoms with Crippen molar-refractivity contribution in [3.8, 4) is 17.2 Å². The highest BCUT2D eigenvalue weighted by atomic mass is 16.5. The lowest BCUT2D eigenvalue weighted by molar-refractivity contribution is -0.124. The minimum atomic E-state index is -0.794. The van der Waals surface area contributed by atoms with Gasteiger partial charge in [-0.3, -0.25) is 14.4 Å². The first-order chi connectivity index (χ1) is 21.4. The van der Waals surface area contributed by atoms with Crippen LogP contribution in [0.3, 0.4) is 0 Å². The Balaban J connectivity index is 1.73. The van der Waals surface area contributed by atoms with Gasteiger partial charge in [0.15, 0.2) is 18.3 Å². The molecule has 3 atom stereocenters. The summed E-state index contributed by atoms with van der Waals surface area (Å²) in [7, 11) is 0. The van der Waals surface area contributed by atoms with Gasteiger partial charge < -0.3 is 30.2 Å². The largest absolute Gasteiger partial charge is 0.481 e. The molecule has 1 aliphatic heterocycles. The molecule has 1 aliphatic rings. The van der Waals surface area contributed by atoms with Crippen molar-refractivity contribution in [3.63, 3.8) is 0 Å². The molecule has 0 aromatic heterocycles. The topological polar surface area (TPSA) is 115 Å². The van der Waals surface area contributed by atoms with Crippen molar-refractivity contribution >= 4 is 34.8 Å². The molecule has 9 nitrogen and oxygen atoms in total. The Morgan fingerprint density at radius 2 is 0.756 bits per heavy atom. The summed E-state index contributed by atoms with van der Waals surface area (Å²) in [4.78, 5) is 40.5. The van der Waals surface area contributed by atoms with Gasteiger partial charge in [0, 0.05) is 35.3 Å². The van der Waals surface area contributed by atoms with Gasteiger partial charge in [0.05, 0.1) is 0 Å². The first-order valence-corrected chi connectivity index (χ1v) is 15.7. The van der Waals surface area contributed by atoms with Crippen molar-refractivity contribution in [2.45, 2.75) is 79.1 Å². The van der Waals surface area contributed by atoms with Crippen molar-refractivity contribution in [1.82, 2.24) is 0 Å². The minimum Gasteiger partial charge on any atom is -0.481 e. The molecule has 240 valence electrons. The molecule has 3 N–H and O–H groups in total. The Bertz CT molecular complexity index is 1300. The average molecular weight is 616 g/mol. The standard InChI is InChI=1S/C36H45N3O6/c1-22(2)16-31-34(40)37-25-10-8-14-29(20-25)44-33(18-24(5)6)36(42)39-27-12-9-15-30(21-27)45-32(17-23(3)4)35(41)38-26-11-7-13-28(19-26)43-31/h7-15,19-24,31-33H,16-18H2,1-6H3,(H,37,40)(H,38,41)(H,39,42)/t31-,32-,33?/m0/s1. The summed E-state index contributed by atoms with van der Waals surface area (Å²) in [6, 6.07) is 21.0. The van der Waals surface area contributed by atoms with Crippen LogP contribution in [0.2, 0.25) is 0 Å². The molecule has 45 heavy (non-hydrogen) atoms. The average Bonchev–Trinajstić information content (AvgIpc) is 2.95. The highest BCUT2D eigenvalue weighted by Gasteiger charge is 2.26. The van der Waals surface area contributed by atoms with Crippen LogP contribution in [-0.2, 0) is 14.4 Å². The lowest BCUT2D eigenvalue weighted by Gasteiger charge is -2.22. The number of anilines is 3. The van der Waals surface area contributed by atoms with Gasteiger partial charge in [-0.1, -0.05) is 59.7 Å². The van der Waals surface area contributed by atoms with E-state index >= 15 is 0 Å². The molecule has 3 aromatic rings. The maximum Gasteiger partial charge on any atom is 0.265 e. The number of hydrogen-bond donors (Lipinski definition) is 3. The molecule has 1 unspecified atom stereocenters. The zero-order valence-electron chi connectivity index (χ0n) is 27.0. The number of carbonyl (C=O) groups is 3. The van der Waals surface area contributed by atoms with E-state index in [2.05, 4.69) is 16.0 Å². The van der Waals surface area contributed by atoms with E-state index < -0.39 is 18.3 Å². The van der Waals surface area contributed by atoms with Crippen molar-refractivity contribution in [2.24, 2.45) is 17.8 Å². The Hall–Kier alpha value is -4.53. The smallest absolute Gasteiger partial charge is 0.265 e. The van der Waals surface area contributed by atoms with E-state index in [0.717, 1.165) is 0 Å². The highest BCUT2D eigenvalue weighted by Crippen LogP contribution is 2.27. The van der Waals surface area contributed by atoms with Crippen molar-refractivity contribution in [1.29, 1.82) is 0 Å². The number of carbonyl (C=O) groups excluding carboxylic acids is 3. The van der Waals surface area contributed by atoms with Gasteiger partial charge >= 0.3 is 0 Å². The second kappa shape index (κ2) is 15.5. The Labute approximate surface area is 266 Å². The summed E-state index contributed by atoms with van der Waals surface area (Å²) >= 11 is 0. The Morgan fingerprint density at radius 3 is 1.00 bits per heavy atom. The lowest BCUT2D eigenvalue weighted by atomic mass is 10.0. The fraction of sp³-hybridized carbons (Fsp3) is 0.417. The SMILES string of the molecule is CC(C)CC1Oc2cccc(c2)NC(=O)[C@H](CC(C)C)Oc2cccc(c2)NC(=O)[C@H](CC(C)C)Oc2cccc(c2)NC1=O. The number of benzene rings is 3. The van der Waals surface area contributed by atoms with Crippen LogP contribution >= 0.6 is 0 Å². The van der Waals surface area contributed by atoms with Crippen LogP contribution in [0.15, 0.2) is 72.8 Å². The molecule has 0 spiro atoms. The van der Waals surface area contributed by atoms with E-state index in [0.29, 0.717) is 53.6 Å². The summed E-state index contributed by atoms with van der Waals surface area (Å²) in [5, 5.41) is 8.84. The van der Waals surface area contributed by atoms with Crippen LogP contribution in [0.1, 0.15) is 60.8 Å². The molecule has 0 saturated heterocycles. The molecule has 0 fully saturated rings. The quantitative estimate of drug-likeness (QED) is 0.268. The summed E-state index contributed by atoms with van der Waals surface area (Å²) in [6.45, 7) is 12.1. The van der Waals surface area contributed by atoms with Crippen molar-refractivity contribution in [3.05, 3.63) is 72.8 Å². The number of ether oxygens (including phenoxy) is 3. The third-order valence-corrected chi connectivity index (χ3v) is 7.07. The fourth-order valence-electron chi connectivity index (χ4n) is 5.01. The first kappa shape index (κ1) is 33.4. The highest BCUT2D eigenvalue weighted by molar-refractivity contribution is 5.96. The third kappa shape index (κ3) is 10.3. The minimum absolute atomic E-state index is 0.176. The maximum atomic E-state index is 13.5. The number of nitrogens with one attached hydrogen (secondary N) is 3. The molecule has 3 amide bonds. The van der Waals surface area contributed by atoms with Gasteiger partial charge in [-0.15, -0.1) is 0 Å². The molecular weight excluding hydrogens is 570 g/mol. The predicted octanol–water partition coefficient (Wildman–Crippen LogP) is 7.30. The van der Waals surface area contributed by atoms with E-state index in [1.54, 1.807) is 72.8 Å². The molecule has 0 aliphatic carbocycles. The predicted molar refractivity (Wildman–Crippen MR) is 177 cm³/mol.